The second-order valence-corrected chi connectivity index (χ2v) is 5.44. The Balaban J connectivity index is 2.45. The fraction of sp³-hybridized carbons (Fsp3) is 0.333. The minimum atomic E-state index is -3.71. The summed E-state index contributed by atoms with van der Waals surface area (Å²) in [5.41, 5.74) is 4.13. The van der Waals surface area contributed by atoms with Gasteiger partial charge in [0.05, 0.1) is 18.1 Å². The molecule has 5 nitrogen and oxygen atoms in total. The molecule has 0 heterocycles. The number of rotatable bonds is 7. The molecule has 0 fully saturated rings. The Labute approximate surface area is 107 Å². The Bertz CT molecular complexity index is 493. The van der Waals surface area contributed by atoms with Crippen LogP contribution in [0.5, 0.6) is 0 Å². The van der Waals surface area contributed by atoms with E-state index in [-0.39, 0.29) is 18.1 Å². The topological polar surface area (TPSA) is 64.6 Å². The number of benzene rings is 1. The first-order chi connectivity index (χ1) is 8.42. The van der Waals surface area contributed by atoms with Crippen molar-refractivity contribution in [3.05, 3.63) is 42.1 Å². The van der Waals surface area contributed by atoms with Gasteiger partial charge in [0.1, 0.15) is 0 Å². The van der Waals surface area contributed by atoms with E-state index >= 15 is 0 Å². The van der Waals surface area contributed by atoms with Crippen LogP contribution in [-0.4, -0.2) is 21.6 Å². The van der Waals surface area contributed by atoms with Gasteiger partial charge in [0.15, 0.2) is 0 Å². The van der Waals surface area contributed by atoms with Crippen LogP contribution in [0.15, 0.2) is 41.4 Å². The van der Waals surface area contributed by atoms with Crippen LogP contribution in [0.2, 0.25) is 0 Å². The van der Waals surface area contributed by atoms with Crippen molar-refractivity contribution in [2.45, 2.75) is 18.7 Å². The third kappa shape index (κ3) is 4.87. The lowest BCUT2D eigenvalue weighted by Crippen LogP contribution is -2.17. The smallest absolute Gasteiger partial charge is 0.274 e. The summed E-state index contributed by atoms with van der Waals surface area (Å²) in [7, 11) is -3.71. The summed E-state index contributed by atoms with van der Waals surface area (Å²) in [5, 5.41) is 0. The Morgan fingerprint density at radius 2 is 1.89 bits per heavy atom. The van der Waals surface area contributed by atoms with Gasteiger partial charge in [-0.05, 0) is 26.0 Å². The molecule has 0 aromatic heterocycles. The number of allylic oxidation sites excluding steroid dienone is 1. The molecule has 0 atom stereocenters. The van der Waals surface area contributed by atoms with E-state index in [1.807, 2.05) is 6.92 Å². The molecule has 1 rings (SSSR count). The molecule has 0 saturated heterocycles. The first kappa shape index (κ1) is 14.7. The van der Waals surface area contributed by atoms with Crippen molar-refractivity contribution in [3.63, 3.8) is 0 Å². The maximum atomic E-state index is 11.7. The SMILES string of the molecule is C=C(C)NOCCOS(=O)(=O)c1ccc(C)cc1. The maximum absolute atomic E-state index is 11.7. The van der Waals surface area contributed by atoms with Gasteiger partial charge in [-0.2, -0.15) is 8.42 Å². The highest BCUT2D eigenvalue weighted by atomic mass is 32.2. The zero-order chi connectivity index (χ0) is 13.6. The first-order valence-corrected chi connectivity index (χ1v) is 6.82. The van der Waals surface area contributed by atoms with Gasteiger partial charge < -0.3 is 0 Å². The number of hydrogen-bond donors (Lipinski definition) is 1. The van der Waals surface area contributed by atoms with Crippen LogP contribution in [0.4, 0.5) is 0 Å². The van der Waals surface area contributed by atoms with E-state index < -0.39 is 10.1 Å². The van der Waals surface area contributed by atoms with Crippen LogP contribution in [0, 0.1) is 6.92 Å². The largest absolute Gasteiger partial charge is 0.297 e. The predicted octanol–water partition coefficient (Wildman–Crippen LogP) is 1.76. The molecule has 0 spiro atoms. The van der Waals surface area contributed by atoms with Gasteiger partial charge in [-0.25, -0.2) is 0 Å². The Morgan fingerprint density at radius 3 is 2.44 bits per heavy atom. The molecule has 1 aromatic rings. The molecule has 0 saturated carbocycles. The lowest BCUT2D eigenvalue weighted by molar-refractivity contribution is 0.0425. The third-order valence-electron chi connectivity index (χ3n) is 1.98. The summed E-state index contributed by atoms with van der Waals surface area (Å²) in [4.78, 5) is 5.05. The van der Waals surface area contributed by atoms with Gasteiger partial charge in [-0.3, -0.25) is 14.5 Å². The van der Waals surface area contributed by atoms with E-state index in [0.29, 0.717) is 5.70 Å². The van der Waals surface area contributed by atoms with Gasteiger partial charge in [-0.15, -0.1) is 0 Å². The predicted molar refractivity (Wildman–Crippen MR) is 68.2 cm³/mol. The molecule has 0 unspecified atom stereocenters. The van der Waals surface area contributed by atoms with Crippen molar-refractivity contribution in [1.29, 1.82) is 0 Å². The molecular weight excluding hydrogens is 254 g/mol. The molecular formula is C12H17NO4S. The van der Waals surface area contributed by atoms with E-state index in [1.165, 1.54) is 12.1 Å². The highest BCUT2D eigenvalue weighted by molar-refractivity contribution is 7.86. The number of nitrogens with one attached hydrogen (secondary N) is 1. The molecule has 0 radical (unpaired) electrons. The Kier molecular flexibility index (Phi) is 5.33. The van der Waals surface area contributed by atoms with Crippen LogP contribution >= 0.6 is 0 Å². The Morgan fingerprint density at radius 1 is 1.28 bits per heavy atom. The summed E-state index contributed by atoms with van der Waals surface area (Å²) in [5.74, 6) is 0. The molecule has 1 N–H and O–H groups in total. The molecule has 0 aliphatic carbocycles. The molecule has 0 aliphatic heterocycles. The Hall–Kier alpha value is -1.37. The van der Waals surface area contributed by atoms with Gasteiger partial charge in [0.2, 0.25) is 0 Å². The van der Waals surface area contributed by atoms with Crippen LogP contribution < -0.4 is 5.48 Å². The van der Waals surface area contributed by atoms with Crippen LogP contribution in [0.25, 0.3) is 0 Å². The lowest BCUT2D eigenvalue weighted by Gasteiger charge is -2.07. The van der Waals surface area contributed by atoms with Crippen molar-refractivity contribution >= 4 is 10.1 Å². The van der Waals surface area contributed by atoms with Gasteiger partial charge >= 0.3 is 0 Å². The normalized spacial score (nSPS) is 11.2. The monoisotopic (exact) mass is 271 g/mol. The van der Waals surface area contributed by atoms with Crippen LogP contribution in [-0.2, 0) is 19.1 Å². The zero-order valence-corrected chi connectivity index (χ0v) is 11.3. The number of hydroxylamine groups is 1. The first-order valence-electron chi connectivity index (χ1n) is 5.41. The highest BCUT2D eigenvalue weighted by Crippen LogP contribution is 2.12. The molecule has 1 aromatic carbocycles. The zero-order valence-electron chi connectivity index (χ0n) is 10.5. The quantitative estimate of drug-likeness (QED) is 0.465. The fourth-order valence-electron chi connectivity index (χ4n) is 1.13. The fourth-order valence-corrected chi connectivity index (χ4v) is 2.03. The maximum Gasteiger partial charge on any atom is 0.297 e. The van der Waals surface area contributed by atoms with Crippen molar-refractivity contribution in [2.24, 2.45) is 0 Å². The van der Waals surface area contributed by atoms with Crippen molar-refractivity contribution in [1.82, 2.24) is 5.48 Å². The molecule has 18 heavy (non-hydrogen) atoms. The van der Waals surface area contributed by atoms with Crippen molar-refractivity contribution in [2.75, 3.05) is 13.2 Å². The van der Waals surface area contributed by atoms with Crippen molar-refractivity contribution in [3.8, 4) is 0 Å². The molecule has 0 bridgehead atoms. The second kappa shape index (κ2) is 6.53. The molecule has 100 valence electrons. The van der Waals surface area contributed by atoms with E-state index in [9.17, 15) is 8.42 Å². The van der Waals surface area contributed by atoms with E-state index in [1.54, 1.807) is 19.1 Å². The number of aryl methyl sites for hydroxylation is 1. The summed E-state index contributed by atoms with van der Waals surface area (Å²) >= 11 is 0. The van der Waals surface area contributed by atoms with Crippen molar-refractivity contribution < 1.29 is 17.4 Å². The minimum Gasteiger partial charge on any atom is -0.274 e. The summed E-state index contributed by atoms with van der Waals surface area (Å²) < 4.78 is 28.3. The average Bonchev–Trinajstić information content (AvgIpc) is 2.28. The lowest BCUT2D eigenvalue weighted by atomic mass is 10.2. The molecule has 0 amide bonds. The van der Waals surface area contributed by atoms with Crippen LogP contribution in [0.1, 0.15) is 12.5 Å². The second-order valence-electron chi connectivity index (χ2n) is 3.82. The van der Waals surface area contributed by atoms with E-state index in [0.717, 1.165) is 5.56 Å². The van der Waals surface area contributed by atoms with Gasteiger partial charge in [0, 0.05) is 5.70 Å². The standard InChI is InChI=1S/C12H17NO4S/c1-10(2)13-16-8-9-17-18(14,15)12-6-4-11(3)5-7-12/h4-7,13H,1,8-9H2,2-3H3. The summed E-state index contributed by atoms with van der Waals surface area (Å²) in [6, 6.07) is 6.46. The molecule has 6 heteroatoms. The molecule has 0 aliphatic rings. The highest BCUT2D eigenvalue weighted by Gasteiger charge is 2.14. The summed E-state index contributed by atoms with van der Waals surface area (Å²) in [6.07, 6.45) is 0. The third-order valence-corrected chi connectivity index (χ3v) is 3.31. The van der Waals surface area contributed by atoms with Crippen LogP contribution in [0.3, 0.4) is 0 Å². The van der Waals surface area contributed by atoms with E-state index in [2.05, 4.69) is 12.1 Å². The summed E-state index contributed by atoms with van der Waals surface area (Å²) in [6.45, 7) is 7.22. The average molecular weight is 271 g/mol. The van der Waals surface area contributed by atoms with Gasteiger partial charge in [0.25, 0.3) is 10.1 Å². The number of hydrogen-bond acceptors (Lipinski definition) is 5. The van der Waals surface area contributed by atoms with Gasteiger partial charge in [-0.1, -0.05) is 24.3 Å². The van der Waals surface area contributed by atoms with E-state index in [4.69, 9.17) is 9.02 Å². The minimum absolute atomic E-state index is 0.0590.